The van der Waals surface area contributed by atoms with Gasteiger partial charge in [0.25, 0.3) is 0 Å². The van der Waals surface area contributed by atoms with Crippen molar-refractivity contribution in [1.82, 2.24) is 10.2 Å². The number of anilines is 1. The van der Waals surface area contributed by atoms with Crippen molar-refractivity contribution < 1.29 is 14.0 Å². The maximum atomic E-state index is 14.5. The molecule has 1 saturated heterocycles. The zero-order chi connectivity index (χ0) is 23.4. The summed E-state index contributed by atoms with van der Waals surface area (Å²) in [6.45, 7) is 5.45. The van der Waals surface area contributed by atoms with Crippen LogP contribution in [-0.4, -0.2) is 42.9 Å². The molecular weight excluding hydrogens is 417 g/mol. The second-order valence-corrected chi connectivity index (χ2v) is 8.36. The number of carbonyl (C=O) groups excluding carboxylic acids is 2. The third-order valence-electron chi connectivity index (χ3n) is 6.12. The van der Waals surface area contributed by atoms with Gasteiger partial charge in [-0.1, -0.05) is 54.6 Å². The molecule has 3 aromatic carbocycles. The number of benzene rings is 3. The maximum Gasteiger partial charge on any atom is 0.317 e. The van der Waals surface area contributed by atoms with Crippen molar-refractivity contribution in [1.29, 1.82) is 0 Å². The highest BCUT2D eigenvalue weighted by Gasteiger charge is 2.24. The van der Waals surface area contributed by atoms with E-state index in [9.17, 15) is 14.0 Å². The Hall–Kier alpha value is -3.67. The van der Waals surface area contributed by atoms with Crippen LogP contribution in [0.2, 0.25) is 0 Å². The normalized spacial score (nSPS) is 14.6. The third kappa shape index (κ3) is 5.22. The molecule has 1 aliphatic heterocycles. The van der Waals surface area contributed by atoms with Crippen molar-refractivity contribution in [3.05, 3.63) is 89.7 Å². The van der Waals surface area contributed by atoms with Crippen LogP contribution in [0.25, 0.3) is 11.1 Å². The Morgan fingerprint density at radius 3 is 2.12 bits per heavy atom. The predicted molar refractivity (Wildman–Crippen MR) is 129 cm³/mol. The molecule has 0 radical (unpaired) electrons. The number of rotatable bonds is 5. The molecule has 1 aliphatic rings. The number of Topliss-reactive ketones (excluding diaryl/α,β-unsaturated/α-hetero) is 1. The monoisotopic (exact) mass is 445 g/mol. The largest absolute Gasteiger partial charge is 0.366 e. The topological polar surface area (TPSA) is 52.7 Å². The smallest absolute Gasteiger partial charge is 0.317 e. The predicted octanol–water partition coefficient (Wildman–Crippen LogP) is 5.29. The molecule has 0 spiro atoms. The summed E-state index contributed by atoms with van der Waals surface area (Å²) in [5.74, 6) is -0.570. The van der Waals surface area contributed by atoms with Crippen LogP contribution >= 0.6 is 0 Å². The van der Waals surface area contributed by atoms with E-state index in [2.05, 4.69) is 29.6 Å². The van der Waals surface area contributed by atoms with Gasteiger partial charge < -0.3 is 15.1 Å². The second-order valence-electron chi connectivity index (χ2n) is 8.36. The van der Waals surface area contributed by atoms with Crippen molar-refractivity contribution in [2.45, 2.75) is 19.9 Å². The lowest BCUT2D eigenvalue weighted by molar-refractivity contribution is 0.101. The molecule has 1 heterocycles. The van der Waals surface area contributed by atoms with Gasteiger partial charge >= 0.3 is 6.03 Å². The van der Waals surface area contributed by atoms with Gasteiger partial charge in [-0.25, -0.2) is 9.18 Å². The van der Waals surface area contributed by atoms with Crippen LogP contribution < -0.4 is 10.2 Å². The summed E-state index contributed by atoms with van der Waals surface area (Å²) in [7, 11) is 0. The number of hydrogen-bond acceptors (Lipinski definition) is 3. The minimum Gasteiger partial charge on any atom is -0.366 e. The fourth-order valence-electron chi connectivity index (χ4n) is 4.09. The lowest BCUT2D eigenvalue weighted by Gasteiger charge is -2.36. The first-order valence-electron chi connectivity index (χ1n) is 11.2. The van der Waals surface area contributed by atoms with Gasteiger partial charge in [0.15, 0.2) is 5.78 Å². The van der Waals surface area contributed by atoms with Gasteiger partial charge in [-0.2, -0.15) is 0 Å². The zero-order valence-electron chi connectivity index (χ0n) is 18.9. The van der Waals surface area contributed by atoms with Crippen molar-refractivity contribution in [2.24, 2.45) is 0 Å². The van der Waals surface area contributed by atoms with Gasteiger partial charge in [-0.3, -0.25) is 4.79 Å². The van der Waals surface area contributed by atoms with Crippen LogP contribution in [0.4, 0.5) is 14.9 Å². The maximum absolute atomic E-state index is 14.5. The van der Waals surface area contributed by atoms with Gasteiger partial charge in [-0.05, 0) is 48.7 Å². The van der Waals surface area contributed by atoms with E-state index >= 15 is 0 Å². The Labute approximate surface area is 193 Å². The number of halogens is 1. The van der Waals surface area contributed by atoms with Gasteiger partial charge in [0.1, 0.15) is 5.82 Å². The summed E-state index contributed by atoms with van der Waals surface area (Å²) in [6.07, 6.45) is 0. The lowest BCUT2D eigenvalue weighted by atomic mass is 10.0. The number of hydrogen-bond donors (Lipinski definition) is 1. The van der Waals surface area contributed by atoms with Crippen LogP contribution in [0.3, 0.4) is 0 Å². The van der Waals surface area contributed by atoms with E-state index in [-0.39, 0.29) is 17.9 Å². The molecule has 0 aliphatic carbocycles. The van der Waals surface area contributed by atoms with Crippen LogP contribution in [0, 0.1) is 5.82 Å². The summed E-state index contributed by atoms with van der Waals surface area (Å²) in [5, 5.41) is 3.07. The summed E-state index contributed by atoms with van der Waals surface area (Å²) < 4.78 is 14.5. The van der Waals surface area contributed by atoms with E-state index < -0.39 is 5.82 Å². The Balaban J connectivity index is 1.32. The molecule has 6 heteroatoms. The average Bonchev–Trinajstić information content (AvgIpc) is 2.84. The molecule has 4 rings (SSSR count). The molecule has 1 N–H and O–H groups in total. The molecule has 1 fully saturated rings. The summed E-state index contributed by atoms with van der Waals surface area (Å²) in [4.78, 5) is 27.9. The van der Waals surface area contributed by atoms with Crippen LogP contribution in [0.1, 0.15) is 35.8 Å². The molecular formula is C27H28FN3O2. The number of amides is 2. The number of nitrogens with one attached hydrogen (secondary N) is 1. The van der Waals surface area contributed by atoms with E-state index in [0.29, 0.717) is 37.4 Å². The zero-order valence-corrected chi connectivity index (χ0v) is 18.9. The Morgan fingerprint density at radius 2 is 1.52 bits per heavy atom. The number of nitrogens with zero attached hydrogens (tertiary/aromatic N) is 2. The average molecular weight is 446 g/mol. The first kappa shape index (κ1) is 22.5. The van der Waals surface area contributed by atoms with E-state index in [1.807, 2.05) is 42.2 Å². The molecule has 0 bridgehead atoms. The molecule has 0 aromatic heterocycles. The minimum absolute atomic E-state index is 0.123. The van der Waals surface area contributed by atoms with Crippen molar-refractivity contribution in [3.63, 3.8) is 0 Å². The van der Waals surface area contributed by atoms with E-state index in [1.165, 1.54) is 13.0 Å². The summed E-state index contributed by atoms with van der Waals surface area (Å²) >= 11 is 0. The molecule has 170 valence electrons. The third-order valence-corrected chi connectivity index (χ3v) is 6.12. The Bertz CT molecular complexity index is 1120. The molecule has 1 unspecified atom stereocenters. The summed E-state index contributed by atoms with van der Waals surface area (Å²) in [6, 6.07) is 22.7. The van der Waals surface area contributed by atoms with Crippen LogP contribution in [-0.2, 0) is 0 Å². The first-order chi connectivity index (χ1) is 15.9. The van der Waals surface area contributed by atoms with Gasteiger partial charge in [0.2, 0.25) is 0 Å². The standard InChI is InChI=1S/C27H28FN3O2/c1-19(21-8-10-23(11-9-21)22-6-4-3-5-7-22)29-27(33)31-16-14-30(15-17-31)26-13-12-24(20(2)32)18-25(26)28/h3-13,18-19H,14-17H2,1-2H3,(H,29,33). The number of ketones is 1. The molecule has 33 heavy (non-hydrogen) atoms. The Kier molecular flexibility index (Phi) is 6.73. The molecule has 5 nitrogen and oxygen atoms in total. The second kappa shape index (κ2) is 9.86. The van der Waals surface area contributed by atoms with Gasteiger partial charge in [0, 0.05) is 31.7 Å². The van der Waals surface area contributed by atoms with Gasteiger partial charge in [0.05, 0.1) is 11.7 Å². The van der Waals surface area contributed by atoms with Crippen molar-refractivity contribution in [3.8, 4) is 11.1 Å². The Morgan fingerprint density at radius 1 is 0.879 bits per heavy atom. The molecule has 1 atom stereocenters. The summed E-state index contributed by atoms with van der Waals surface area (Å²) in [5.41, 5.74) is 4.16. The molecule has 0 saturated carbocycles. The minimum atomic E-state index is -0.409. The van der Waals surface area contributed by atoms with Gasteiger partial charge in [-0.15, -0.1) is 0 Å². The number of piperazine rings is 1. The van der Waals surface area contributed by atoms with E-state index in [0.717, 1.165) is 16.7 Å². The lowest BCUT2D eigenvalue weighted by Crippen LogP contribution is -2.52. The van der Waals surface area contributed by atoms with E-state index in [1.54, 1.807) is 17.0 Å². The SMILES string of the molecule is CC(=O)c1ccc(N2CCN(C(=O)NC(C)c3ccc(-c4ccccc4)cc3)CC2)c(F)c1. The fourth-order valence-corrected chi connectivity index (χ4v) is 4.09. The van der Waals surface area contributed by atoms with E-state index in [4.69, 9.17) is 0 Å². The van der Waals surface area contributed by atoms with Crippen LogP contribution in [0.15, 0.2) is 72.8 Å². The highest BCUT2D eigenvalue weighted by Crippen LogP contribution is 2.24. The van der Waals surface area contributed by atoms with Crippen molar-refractivity contribution >= 4 is 17.5 Å². The number of urea groups is 1. The van der Waals surface area contributed by atoms with Crippen molar-refractivity contribution in [2.75, 3.05) is 31.1 Å². The molecule has 2 amide bonds. The number of carbonyl (C=O) groups is 2. The quantitative estimate of drug-likeness (QED) is 0.543. The highest BCUT2D eigenvalue weighted by atomic mass is 19.1. The van der Waals surface area contributed by atoms with Crippen LogP contribution in [0.5, 0.6) is 0 Å². The highest BCUT2D eigenvalue weighted by molar-refractivity contribution is 5.94. The first-order valence-corrected chi connectivity index (χ1v) is 11.2. The molecule has 3 aromatic rings. The fraction of sp³-hybridized carbons (Fsp3) is 0.259.